The molecule has 0 bridgehead atoms. The predicted octanol–water partition coefficient (Wildman–Crippen LogP) is 1.63. The van der Waals surface area contributed by atoms with Gasteiger partial charge in [0.15, 0.2) is 11.7 Å². The molecule has 2 aliphatic rings. The Morgan fingerprint density at radius 1 is 1.23 bits per heavy atom. The number of nitrogens with one attached hydrogen (secondary N) is 4. The van der Waals surface area contributed by atoms with E-state index in [9.17, 15) is 18.0 Å². The van der Waals surface area contributed by atoms with Crippen molar-refractivity contribution in [1.29, 1.82) is 5.41 Å². The fourth-order valence-corrected chi connectivity index (χ4v) is 6.52. The topological polar surface area (TPSA) is 167 Å². The number of nitrogens with two attached hydrogens (primary N) is 1. The number of amides is 1. The first-order valence-corrected chi connectivity index (χ1v) is 15.0. The maximum absolute atomic E-state index is 14.2. The Labute approximate surface area is 229 Å². The van der Waals surface area contributed by atoms with E-state index in [4.69, 9.17) is 15.9 Å². The zero-order chi connectivity index (χ0) is 28.0. The number of nitrogens with zero attached hydrogens (tertiary/aromatic N) is 1. The number of ketones is 1. The van der Waals surface area contributed by atoms with Crippen LogP contribution in [0.1, 0.15) is 45.4 Å². The maximum atomic E-state index is 14.2. The van der Waals surface area contributed by atoms with Crippen LogP contribution in [0.25, 0.3) is 10.8 Å². The largest absolute Gasteiger partial charge is 0.375 e. The summed E-state index contributed by atoms with van der Waals surface area (Å²) in [5.41, 5.74) is 5.67. The molecular formula is C27H38N6O5S. The average Bonchev–Trinajstić information content (AvgIpc) is 2.90. The minimum Gasteiger partial charge on any atom is -0.375 e. The molecule has 2 unspecified atom stereocenters. The van der Waals surface area contributed by atoms with Crippen molar-refractivity contribution in [2.75, 3.05) is 26.2 Å². The van der Waals surface area contributed by atoms with Gasteiger partial charge in [0.1, 0.15) is 0 Å². The molecule has 4 rings (SSSR count). The van der Waals surface area contributed by atoms with Crippen LogP contribution in [0.15, 0.2) is 47.4 Å². The summed E-state index contributed by atoms with van der Waals surface area (Å²) in [6.45, 7) is 3.40. The first-order valence-electron chi connectivity index (χ1n) is 13.5. The Morgan fingerprint density at radius 3 is 2.74 bits per heavy atom. The van der Waals surface area contributed by atoms with Gasteiger partial charge < -0.3 is 20.7 Å². The van der Waals surface area contributed by atoms with Gasteiger partial charge in [-0.1, -0.05) is 43.7 Å². The van der Waals surface area contributed by atoms with E-state index in [1.165, 1.54) is 6.07 Å². The number of benzene rings is 2. The lowest BCUT2D eigenvalue weighted by Crippen LogP contribution is -2.75. The molecule has 0 aromatic heterocycles. The van der Waals surface area contributed by atoms with Gasteiger partial charge in [-0.3, -0.25) is 20.3 Å². The molecule has 2 aliphatic heterocycles. The molecule has 0 saturated carbocycles. The Morgan fingerprint density at radius 2 is 2.00 bits per heavy atom. The van der Waals surface area contributed by atoms with Crippen LogP contribution >= 0.6 is 0 Å². The lowest BCUT2D eigenvalue weighted by atomic mass is 9.86. The van der Waals surface area contributed by atoms with Gasteiger partial charge >= 0.3 is 0 Å². The van der Waals surface area contributed by atoms with Crippen LogP contribution in [0, 0.1) is 11.3 Å². The predicted molar refractivity (Wildman–Crippen MR) is 148 cm³/mol. The van der Waals surface area contributed by atoms with Crippen LogP contribution < -0.4 is 21.1 Å². The van der Waals surface area contributed by atoms with E-state index in [-0.39, 0.29) is 23.4 Å². The molecule has 1 amide bonds. The number of guanidine groups is 1. The molecular weight excluding hydrogens is 520 g/mol. The van der Waals surface area contributed by atoms with Crippen LogP contribution in [-0.4, -0.2) is 69.1 Å². The standard InChI is InChI=1S/C27H38N6O5S/c1-2-7-24(34)31-27(32-39(36,37)23-12-11-19-8-3-4-9-20(19)17-23)25(35)21(10-5-6-13-30-27)16-22-18-33(26(28)29)14-15-38-22/h3-4,8-9,11-12,17,21-22,30,32H,2,5-7,10,13-16,18H2,1H3,(H3,28,29)(H,31,34)/t21?,22-,27?/m1/s1. The molecule has 0 radical (unpaired) electrons. The maximum Gasteiger partial charge on any atom is 0.243 e. The summed E-state index contributed by atoms with van der Waals surface area (Å²) < 4.78 is 35.9. The highest BCUT2D eigenvalue weighted by molar-refractivity contribution is 7.89. The monoisotopic (exact) mass is 558 g/mol. The number of morpholine rings is 1. The zero-order valence-electron chi connectivity index (χ0n) is 22.2. The van der Waals surface area contributed by atoms with E-state index in [0.717, 1.165) is 17.2 Å². The first kappa shape index (κ1) is 28.9. The highest BCUT2D eigenvalue weighted by atomic mass is 32.2. The van der Waals surface area contributed by atoms with Gasteiger partial charge in [0.25, 0.3) is 0 Å². The molecule has 2 aromatic carbocycles. The van der Waals surface area contributed by atoms with E-state index < -0.39 is 33.4 Å². The number of ether oxygens (including phenoxy) is 1. The third-order valence-corrected chi connectivity index (χ3v) is 8.71. The molecule has 2 saturated heterocycles. The van der Waals surface area contributed by atoms with Gasteiger partial charge in [-0.05, 0) is 55.1 Å². The summed E-state index contributed by atoms with van der Waals surface area (Å²) in [5.74, 6) is -3.57. The second-order valence-electron chi connectivity index (χ2n) is 10.2. The van der Waals surface area contributed by atoms with Gasteiger partial charge in [0.2, 0.25) is 21.7 Å². The van der Waals surface area contributed by atoms with Crippen molar-refractivity contribution >= 4 is 38.4 Å². The van der Waals surface area contributed by atoms with E-state index in [1.807, 2.05) is 31.2 Å². The van der Waals surface area contributed by atoms with Crippen LogP contribution in [0.5, 0.6) is 0 Å². The molecule has 39 heavy (non-hydrogen) atoms. The Balaban J connectivity index is 1.67. The van der Waals surface area contributed by atoms with E-state index in [0.29, 0.717) is 51.9 Å². The Bertz CT molecular complexity index is 1320. The molecule has 3 atom stereocenters. The van der Waals surface area contributed by atoms with Crippen molar-refractivity contribution < 1.29 is 22.7 Å². The van der Waals surface area contributed by atoms with Crippen molar-refractivity contribution in [3.63, 3.8) is 0 Å². The number of hydrogen-bond acceptors (Lipinski definition) is 7. The molecule has 2 aromatic rings. The summed E-state index contributed by atoms with van der Waals surface area (Å²) in [7, 11) is -4.24. The van der Waals surface area contributed by atoms with Gasteiger partial charge in [-0.2, -0.15) is 4.72 Å². The number of carbonyl (C=O) groups excluding carboxylic acids is 2. The van der Waals surface area contributed by atoms with Gasteiger partial charge in [-0.25, -0.2) is 8.42 Å². The van der Waals surface area contributed by atoms with Crippen molar-refractivity contribution in [2.45, 2.75) is 62.2 Å². The third kappa shape index (κ3) is 6.93. The quantitative estimate of drug-likeness (QED) is 0.185. The number of sulfonamides is 1. The van der Waals surface area contributed by atoms with Gasteiger partial charge in [-0.15, -0.1) is 0 Å². The van der Waals surface area contributed by atoms with Crippen molar-refractivity contribution in [1.82, 2.24) is 20.3 Å². The Hall–Kier alpha value is -3.06. The minimum atomic E-state index is -4.24. The molecule has 12 heteroatoms. The molecule has 212 valence electrons. The highest BCUT2D eigenvalue weighted by Crippen LogP contribution is 2.27. The smallest absolute Gasteiger partial charge is 0.243 e. The summed E-state index contributed by atoms with van der Waals surface area (Å²) in [6, 6.07) is 12.1. The van der Waals surface area contributed by atoms with Crippen molar-refractivity contribution in [3.05, 3.63) is 42.5 Å². The summed E-state index contributed by atoms with van der Waals surface area (Å²) >= 11 is 0. The van der Waals surface area contributed by atoms with Crippen LogP contribution in [0.3, 0.4) is 0 Å². The molecule has 2 heterocycles. The fourth-order valence-electron chi connectivity index (χ4n) is 5.25. The molecule has 0 spiro atoms. The number of hydrogen-bond donors (Lipinski definition) is 5. The Kier molecular flexibility index (Phi) is 9.21. The molecule has 11 nitrogen and oxygen atoms in total. The molecule has 2 fully saturated rings. The summed E-state index contributed by atoms with van der Waals surface area (Å²) in [6.07, 6.45) is 2.58. The molecule has 0 aliphatic carbocycles. The summed E-state index contributed by atoms with van der Waals surface area (Å²) in [4.78, 5) is 28.8. The normalized spacial score (nSPS) is 24.6. The second-order valence-corrected chi connectivity index (χ2v) is 11.9. The van der Waals surface area contributed by atoms with E-state index >= 15 is 0 Å². The second kappa shape index (κ2) is 12.4. The molecule has 6 N–H and O–H groups in total. The first-order chi connectivity index (χ1) is 18.6. The van der Waals surface area contributed by atoms with Crippen LogP contribution in [0.4, 0.5) is 0 Å². The highest BCUT2D eigenvalue weighted by Gasteiger charge is 2.47. The van der Waals surface area contributed by atoms with Gasteiger partial charge in [0, 0.05) is 25.4 Å². The average molecular weight is 559 g/mol. The zero-order valence-corrected chi connectivity index (χ0v) is 23.1. The van der Waals surface area contributed by atoms with E-state index in [1.54, 1.807) is 17.0 Å². The third-order valence-electron chi connectivity index (χ3n) is 7.26. The van der Waals surface area contributed by atoms with E-state index in [2.05, 4.69) is 15.4 Å². The van der Waals surface area contributed by atoms with Gasteiger partial charge in [0.05, 0.1) is 17.6 Å². The van der Waals surface area contributed by atoms with Crippen molar-refractivity contribution in [2.24, 2.45) is 11.7 Å². The summed E-state index contributed by atoms with van der Waals surface area (Å²) in [5, 5.41) is 15.1. The fraction of sp³-hybridized carbons (Fsp3) is 0.519. The van der Waals surface area contributed by atoms with Crippen LogP contribution in [-0.2, 0) is 24.3 Å². The van der Waals surface area contributed by atoms with Crippen LogP contribution in [0.2, 0.25) is 0 Å². The number of rotatable bonds is 8. The lowest BCUT2D eigenvalue weighted by molar-refractivity contribution is -0.139. The lowest BCUT2D eigenvalue weighted by Gasteiger charge is -2.40. The number of fused-ring (bicyclic) bond motifs is 1. The number of Topliss-reactive ketones (excluding diaryl/α,β-unsaturated/α-hetero) is 1. The minimum absolute atomic E-state index is 0.00811. The number of carbonyl (C=O) groups is 2. The SMILES string of the molecule is CCCC(=O)NC1(NS(=O)(=O)c2ccc3ccccc3c2)NCCCCC(C[C@@H]2CN(C(=N)N)CCO2)C1=O. The van der Waals surface area contributed by atoms with Crippen molar-refractivity contribution in [3.8, 4) is 0 Å².